The topological polar surface area (TPSA) is 137 Å². The van der Waals surface area contributed by atoms with Crippen molar-refractivity contribution in [3.63, 3.8) is 0 Å². The standard InChI is InChI=1S/C17H8F3NO8S/c18-17(19,20)30(27,28)29-21-14(23)12-5-8(7-22)1-3-10(12)11-4-2-9(16(25)26)6-13(11)15(21)24/h1-7H,(H,25,26). The number of hydrogen-bond acceptors (Lipinski definition) is 7. The third kappa shape index (κ3) is 3.39. The van der Waals surface area contributed by atoms with Gasteiger partial charge in [0.25, 0.3) is 11.1 Å². The zero-order valence-electron chi connectivity index (χ0n) is 14.3. The first-order chi connectivity index (χ1) is 13.9. The van der Waals surface area contributed by atoms with Crippen LogP contribution in [-0.4, -0.2) is 36.0 Å². The van der Waals surface area contributed by atoms with Crippen LogP contribution in [0.2, 0.25) is 0 Å². The molecule has 0 saturated heterocycles. The number of carboxylic acid groups (broad SMARTS) is 1. The van der Waals surface area contributed by atoms with Gasteiger partial charge >= 0.3 is 21.6 Å². The molecule has 0 atom stereocenters. The van der Waals surface area contributed by atoms with Crippen LogP contribution in [0.15, 0.2) is 46.0 Å². The SMILES string of the molecule is O=Cc1ccc2c(c1)c(=O)n(OS(=O)(=O)C(F)(F)F)c(=O)c1cc(C(=O)O)ccc12. The average Bonchev–Trinajstić information content (AvgIpc) is 2.76. The molecule has 1 N–H and O–H groups in total. The maximum Gasteiger partial charge on any atom is 0.536 e. The van der Waals surface area contributed by atoms with Crippen molar-refractivity contribution in [2.45, 2.75) is 5.51 Å². The van der Waals surface area contributed by atoms with E-state index in [2.05, 4.69) is 4.28 Å². The molecule has 0 aliphatic rings. The van der Waals surface area contributed by atoms with E-state index < -0.39 is 53.8 Å². The number of aldehydes is 1. The predicted molar refractivity (Wildman–Crippen MR) is 95.9 cm³/mol. The van der Waals surface area contributed by atoms with Crippen LogP contribution < -0.4 is 15.4 Å². The van der Waals surface area contributed by atoms with Crippen LogP contribution >= 0.6 is 0 Å². The first kappa shape index (κ1) is 21.0. The van der Waals surface area contributed by atoms with E-state index in [0.29, 0.717) is 6.29 Å². The zero-order chi connectivity index (χ0) is 22.4. The molecule has 3 rings (SSSR count). The number of halogens is 3. The molecule has 0 amide bonds. The molecule has 1 aromatic heterocycles. The van der Waals surface area contributed by atoms with Gasteiger partial charge in [-0.2, -0.15) is 21.6 Å². The van der Waals surface area contributed by atoms with E-state index in [-0.39, 0.29) is 16.3 Å². The van der Waals surface area contributed by atoms with Gasteiger partial charge in [0.15, 0.2) is 0 Å². The van der Waals surface area contributed by atoms with E-state index >= 15 is 0 Å². The molecule has 2 aromatic carbocycles. The molecule has 156 valence electrons. The molecule has 0 saturated carbocycles. The van der Waals surface area contributed by atoms with Crippen LogP contribution in [0.5, 0.6) is 0 Å². The summed E-state index contributed by atoms with van der Waals surface area (Å²) in [5, 5.41) is 7.87. The van der Waals surface area contributed by atoms with Crippen LogP contribution in [0.25, 0.3) is 21.5 Å². The van der Waals surface area contributed by atoms with Crippen molar-refractivity contribution in [1.82, 2.24) is 4.73 Å². The Kier molecular flexibility index (Phi) is 4.86. The summed E-state index contributed by atoms with van der Waals surface area (Å²) in [6.07, 6.45) is 0.312. The Labute approximate surface area is 163 Å². The number of benzene rings is 2. The Hall–Kier alpha value is -3.74. The highest BCUT2D eigenvalue weighted by atomic mass is 32.2. The van der Waals surface area contributed by atoms with E-state index in [4.69, 9.17) is 5.11 Å². The lowest BCUT2D eigenvalue weighted by atomic mass is 10.0. The van der Waals surface area contributed by atoms with E-state index in [1.807, 2.05) is 0 Å². The van der Waals surface area contributed by atoms with Crippen molar-refractivity contribution in [1.29, 1.82) is 0 Å². The van der Waals surface area contributed by atoms with Gasteiger partial charge in [-0.15, -0.1) is 0 Å². The van der Waals surface area contributed by atoms with Crippen molar-refractivity contribution in [3.8, 4) is 0 Å². The Morgan fingerprint density at radius 2 is 1.50 bits per heavy atom. The van der Waals surface area contributed by atoms with Crippen molar-refractivity contribution in [3.05, 3.63) is 68.2 Å². The second-order valence-electron chi connectivity index (χ2n) is 5.87. The molecule has 13 heteroatoms. The molecular formula is C17H8F3NO8S. The molecule has 0 fully saturated rings. The number of carboxylic acids is 1. The number of nitrogens with zero attached hydrogens (tertiary/aromatic N) is 1. The largest absolute Gasteiger partial charge is 0.536 e. The zero-order valence-corrected chi connectivity index (χ0v) is 15.2. The summed E-state index contributed by atoms with van der Waals surface area (Å²) in [7, 11) is -6.43. The van der Waals surface area contributed by atoms with Crippen molar-refractivity contribution in [2.24, 2.45) is 0 Å². The lowest BCUT2D eigenvalue weighted by Crippen LogP contribution is -2.43. The quantitative estimate of drug-likeness (QED) is 0.471. The average molecular weight is 443 g/mol. The number of hydrogen-bond donors (Lipinski definition) is 1. The molecule has 9 nitrogen and oxygen atoms in total. The number of fused-ring (bicyclic) bond motifs is 3. The summed E-state index contributed by atoms with van der Waals surface area (Å²) in [5.74, 6) is -1.49. The minimum atomic E-state index is -6.43. The van der Waals surface area contributed by atoms with Gasteiger partial charge in [-0.25, -0.2) is 4.79 Å². The fourth-order valence-electron chi connectivity index (χ4n) is 2.66. The summed E-state index contributed by atoms with van der Waals surface area (Å²) in [5.41, 5.74) is -9.76. The van der Waals surface area contributed by atoms with E-state index in [1.54, 1.807) is 0 Å². The van der Waals surface area contributed by atoms with Crippen LogP contribution in [0.1, 0.15) is 20.7 Å². The first-order valence-electron chi connectivity index (χ1n) is 7.74. The minimum Gasteiger partial charge on any atom is -0.478 e. The maximum absolute atomic E-state index is 12.7. The van der Waals surface area contributed by atoms with Crippen LogP contribution in [0.4, 0.5) is 13.2 Å². The maximum atomic E-state index is 12.7. The van der Waals surface area contributed by atoms with E-state index in [0.717, 1.165) is 24.3 Å². The third-order valence-corrected chi connectivity index (χ3v) is 4.93. The smallest absolute Gasteiger partial charge is 0.478 e. The van der Waals surface area contributed by atoms with E-state index in [9.17, 15) is 40.8 Å². The monoisotopic (exact) mass is 443 g/mol. The Bertz CT molecular complexity index is 1460. The summed E-state index contributed by atoms with van der Waals surface area (Å²) in [6.45, 7) is 0. The van der Waals surface area contributed by atoms with Crippen molar-refractivity contribution < 1.29 is 40.6 Å². The number of carbonyl (C=O) groups is 2. The molecular weight excluding hydrogens is 435 g/mol. The summed E-state index contributed by atoms with van der Waals surface area (Å²) >= 11 is 0. The van der Waals surface area contributed by atoms with Gasteiger partial charge in [0, 0.05) is 5.56 Å². The highest BCUT2D eigenvalue weighted by Crippen LogP contribution is 2.24. The van der Waals surface area contributed by atoms with Crippen LogP contribution in [0, 0.1) is 0 Å². The first-order valence-corrected chi connectivity index (χ1v) is 9.15. The molecule has 3 aromatic rings. The highest BCUT2D eigenvalue weighted by Gasteiger charge is 2.49. The second-order valence-corrected chi connectivity index (χ2v) is 7.39. The Balaban J connectivity index is 2.60. The van der Waals surface area contributed by atoms with Crippen molar-refractivity contribution in [2.75, 3.05) is 0 Å². The molecule has 0 radical (unpaired) electrons. The van der Waals surface area contributed by atoms with Gasteiger partial charge in [0.1, 0.15) is 6.29 Å². The molecule has 0 spiro atoms. The van der Waals surface area contributed by atoms with Gasteiger partial charge in [0.05, 0.1) is 16.3 Å². The fourth-order valence-corrected chi connectivity index (χ4v) is 3.07. The third-order valence-electron chi connectivity index (χ3n) is 4.02. The Morgan fingerprint density at radius 1 is 0.967 bits per heavy atom. The predicted octanol–water partition coefficient (Wildman–Crippen LogP) is 1.30. The lowest BCUT2D eigenvalue weighted by Gasteiger charge is -2.08. The molecule has 0 unspecified atom stereocenters. The number of alkyl halides is 3. The van der Waals surface area contributed by atoms with E-state index in [1.165, 1.54) is 12.1 Å². The van der Waals surface area contributed by atoms with Crippen LogP contribution in [0.3, 0.4) is 0 Å². The lowest BCUT2D eigenvalue weighted by molar-refractivity contribution is -0.0551. The summed E-state index contributed by atoms with van der Waals surface area (Å²) < 4.78 is 64.2. The normalized spacial score (nSPS) is 12.1. The molecule has 0 aliphatic carbocycles. The minimum absolute atomic E-state index is 0.0543. The summed E-state index contributed by atoms with van der Waals surface area (Å²) in [6, 6.07) is 6.30. The van der Waals surface area contributed by atoms with Gasteiger partial charge in [-0.3, -0.25) is 18.7 Å². The summed E-state index contributed by atoms with van der Waals surface area (Å²) in [4.78, 5) is 47.7. The highest BCUT2D eigenvalue weighted by molar-refractivity contribution is 7.87. The molecule has 30 heavy (non-hydrogen) atoms. The Morgan fingerprint density at radius 3 is 2.00 bits per heavy atom. The van der Waals surface area contributed by atoms with Crippen LogP contribution in [-0.2, 0) is 10.1 Å². The number of aromatic carboxylic acids is 1. The number of aromatic nitrogens is 1. The van der Waals surface area contributed by atoms with Crippen molar-refractivity contribution >= 4 is 43.9 Å². The number of rotatable bonds is 4. The fraction of sp³-hybridized carbons (Fsp3) is 0.0588. The molecule has 0 aliphatic heterocycles. The van der Waals surface area contributed by atoms with Gasteiger partial charge in [-0.05, 0) is 29.0 Å². The second kappa shape index (κ2) is 6.95. The number of carbonyl (C=O) groups excluding carboxylic acids is 1. The molecule has 1 heterocycles. The van der Waals surface area contributed by atoms with Gasteiger partial charge in [-0.1, -0.05) is 22.9 Å². The molecule has 0 bridgehead atoms. The van der Waals surface area contributed by atoms with Gasteiger partial charge in [0.2, 0.25) is 0 Å². The van der Waals surface area contributed by atoms with Gasteiger partial charge < -0.3 is 5.11 Å².